The number of carbonyl (C=O) groups excluding carboxylic acids is 1. The molecule has 0 bridgehead atoms. The van der Waals surface area contributed by atoms with E-state index in [4.69, 9.17) is 4.74 Å². The zero-order valence-corrected chi connectivity index (χ0v) is 22.7. The smallest absolute Gasteiger partial charge is 0.198 e. The van der Waals surface area contributed by atoms with E-state index in [-0.39, 0.29) is 50.8 Å². The average Bonchev–Trinajstić information content (AvgIpc) is 3.40. The molecule has 0 unspecified atom stereocenters. The van der Waals surface area contributed by atoms with Crippen molar-refractivity contribution in [1.29, 1.82) is 0 Å². The van der Waals surface area contributed by atoms with Crippen LogP contribution >= 0.6 is 0 Å². The van der Waals surface area contributed by atoms with Crippen LogP contribution in [0.3, 0.4) is 0 Å². The third-order valence-corrected chi connectivity index (χ3v) is 12.8. The molecule has 5 nitrogen and oxygen atoms in total. The van der Waals surface area contributed by atoms with E-state index in [1.54, 1.807) is 5.92 Å². The highest BCUT2D eigenvalue weighted by atomic mass is 16.5. The van der Waals surface area contributed by atoms with Gasteiger partial charge in [0.05, 0.1) is 12.2 Å². The van der Waals surface area contributed by atoms with Gasteiger partial charge in [-0.2, -0.15) is 0 Å². The summed E-state index contributed by atoms with van der Waals surface area (Å²) in [7, 11) is 0. The first-order valence-electron chi connectivity index (χ1n) is 14.0. The molecular formula is C30H45O5. The minimum absolute atomic E-state index is 0.0646. The second-order valence-electron chi connectivity index (χ2n) is 14.9. The van der Waals surface area contributed by atoms with Gasteiger partial charge < -0.3 is 20.1 Å². The summed E-state index contributed by atoms with van der Waals surface area (Å²) in [6.07, 6.45) is 8.01. The summed E-state index contributed by atoms with van der Waals surface area (Å²) in [5, 5.41) is 33.3. The second kappa shape index (κ2) is 6.93. The Morgan fingerprint density at radius 1 is 1.06 bits per heavy atom. The molecular weight excluding hydrogens is 440 g/mol. The molecule has 5 saturated carbocycles. The van der Waals surface area contributed by atoms with E-state index in [1.165, 1.54) is 26.7 Å². The van der Waals surface area contributed by atoms with E-state index in [9.17, 15) is 20.1 Å². The van der Waals surface area contributed by atoms with Gasteiger partial charge in [-0.25, -0.2) is 0 Å². The number of hydrogen-bond donors (Lipinski definition) is 3. The molecule has 0 aromatic heterocycles. The van der Waals surface area contributed by atoms with Gasteiger partial charge in [-0.3, -0.25) is 4.79 Å². The first-order valence-corrected chi connectivity index (χ1v) is 14.0. The van der Waals surface area contributed by atoms with Crippen LogP contribution in [0, 0.1) is 63.0 Å². The lowest BCUT2D eigenvalue weighted by Gasteiger charge is -2.63. The fraction of sp³-hybridized carbons (Fsp3) is 0.867. The molecule has 195 valence electrons. The third kappa shape index (κ3) is 2.68. The number of ketones is 1. The van der Waals surface area contributed by atoms with Gasteiger partial charge in [0.25, 0.3) is 0 Å². The van der Waals surface area contributed by atoms with Crippen LogP contribution in [0.5, 0.6) is 0 Å². The van der Waals surface area contributed by atoms with Gasteiger partial charge >= 0.3 is 0 Å². The maximum Gasteiger partial charge on any atom is 0.198 e. The molecule has 1 saturated heterocycles. The Morgan fingerprint density at radius 2 is 1.74 bits per heavy atom. The molecule has 6 rings (SSSR count). The Bertz CT molecular complexity index is 938. The summed E-state index contributed by atoms with van der Waals surface area (Å²) in [4.78, 5) is 12.9. The number of carbonyl (C=O) groups is 1. The summed E-state index contributed by atoms with van der Waals surface area (Å²) in [6, 6.07) is 0. The molecule has 6 aliphatic rings. The van der Waals surface area contributed by atoms with Crippen molar-refractivity contribution >= 4 is 5.78 Å². The van der Waals surface area contributed by atoms with Gasteiger partial charge in [-0.15, -0.1) is 0 Å². The highest BCUT2D eigenvalue weighted by Gasteiger charge is 2.85. The van der Waals surface area contributed by atoms with Crippen molar-refractivity contribution in [3.05, 3.63) is 18.1 Å². The van der Waals surface area contributed by atoms with Crippen LogP contribution in [0.2, 0.25) is 0 Å². The van der Waals surface area contributed by atoms with Crippen molar-refractivity contribution in [3.8, 4) is 0 Å². The Morgan fingerprint density at radius 3 is 2.40 bits per heavy atom. The van der Waals surface area contributed by atoms with E-state index in [1.807, 2.05) is 0 Å². The lowest BCUT2D eigenvalue weighted by atomic mass is 9.41. The number of Topliss-reactive ketones (excluding diaryl/α,β-unsaturated/α-hetero) is 1. The van der Waals surface area contributed by atoms with Gasteiger partial charge in [0.15, 0.2) is 11.9 Å². The zero-order chi connectivity index (χ0) is 25.6. The number of hydrogen-bond acceptors (Lipinski definition) is 5. The Labute approximate surface area is 211 Å². The van der Waals surface area contributed by atoms with Crippen LogP contribution in [-0.4, -0.2) is 38.9 Å². The number of rotatable bonds is 2. The number of ether oxygens (including phenoxy) is 1. The molecule has 1 aliphatic heterocycles. The fourth-order valence-corrected chi connectivity index (χ4v) is 10.9. The standard InChI is InChI=1S/C30H45O5/c1-16-14-17(23(32)26(4,5)34)35-22-21(16)27(6)12-13-30-15-29(30)11-10-20(31)25(2,3)18(29)8-9-19(30)28(27,7)24(22)33/h16,18,20-21,24,31,33-34H,8-15H2,1-7H3/t16-,18+,20+,21+,24+,27-,28-,29-,30+/m1/s1. The van der Waals surface area contributed by atoms with E-state index in [0.717, 1.165) is 32.1 Å². The first kappa shape index (κ1) is 24.8. The van der Waals surface area contributed by atoms with E-state index in [2.05, 4.69) is 34.6 Å². The van der Waals surface area contributed by atoms with Crippen LogP contribution < -0.4 is 0 Å². The minimum atomic E-state index is -1.48. The molecule has 5 aliphatic carbocycles. The molecule has 2 spiro atoms. The van der Waals surface area contributed by atoms with E-state index >= 15 is 0 Å². The van der Waals surface area contributed by atoms with Gasteiger partial charge in [0.1, 0.15) is 11.7 Å². The number of aliphatic hydroxyl groups excluding tert-OH is 2. The third-order valence-electron chi connectivity index (χ3n) is 12.8. The van der Waals surface area contributed by atoms with Gasteiger partial charge in [0.2, 0.25) is 0 Å². The monoisotopic (exact) mass is 485 g/mol. The molecule has 9 atom stereocenters. The molecule has 0 aromatic rings. The van der Waals surface area contributed by atoms with Gasteiger partial charge in [-0.05, 0) is 105 Å². The molecule has 5 heteroatoms. The first-order chi connectivity index (χ1) is 16.1. The maximum absolute atomic E-state index is 12.9. The van der Waals surface area contributed by atoms with Crippen LogP contribution in [0.4, 0.5) is 0 Å². The fourth-order valence-electron chi connectivity index (χ4n) is 10.9. The number of aliphatic hydroxyl groups is 3. The SMILES string of the molecule is C[C@@H]1C[C](C(=O)C(C)(C)O)O[C]2[C@H]1[C@@]1(C)CC[C@@]34C[C@@]35CC[C@H](O)C(C)(C)[C@@H]5CC[C]4[C@]1(C)[C@H]2O. The second-order valence-corrected chi connectivity index (χ2v) is 14.9. The van der Waals surface area contributed by atoms with Crippen LogP contribution in [0.15, 0.2) is 0 Å². The highest BCUT2D eigenvalue weighted by molar-refractivity contribution is 5.96. The lowest BCUT2D eigenvalue weighted by Crippen LogP contribution is -2.58. The summed E-state index contributed by atoms with van der Waals surface area (Å²) in [5.41, 5.74) is -1.61. The topological polar surface area (TPSA) is 87.0 Å². The lowest BCUT2D eigenvalue weighted by molar-refractivity contribution is -0.142. The molecule has 6 fully saturated rings. The summed E-state index contributed by atoms with van der Waals surface area (Å²) >= 11 is 0. The van der Waals surface area contributed by atoms with Crippen LogP contribution in [-0.2, 0) is 9.53 Å². The summed E-state index contributed by atoms with van der Waals surface area (Å²) in [5.74, 6) is 1.99. The molecule has 1 heterocycles. The minimum Gasteiger partial charge on any atom is -0.393 e. The Balaban J connectivity index is 1.37. The normalized spacial score (nSPS) is 53.7. The van der Waals surface area contributed by atoms with Crippen LogP contribution in [0.25, 0.3) is 0 Å². The Hall–Kier alpha value is -0.490. The highest BCUT2D eigenvalue weighted by Crippen LogP contribution is 2.90. The summed E-state index contributed by atoms with van der Waals surface area (Å²) < 4.78 is 6.31. The van der Waals surface area contributed by atoms with Crippen molar-refractivity contribution in [3.63, 3.8) is 0 Å². The Kier molecular flexibility index (Phi) is 4.91. The molecule has 0 aromatic carbocycles. The van der Waals surface area contributed by atoms with Gasteiger partial charge in [0, 0.05) is 11.3 Å². The largest absolute Gasteiger partial charge is 0.393 e. The molecule has 35 heavy (non-hydrogen) atoms. The quantitative estimate of drug-likeness (QED) is 0.524. The number of fused-ring (bicyclic) bond motifs is 4. The van der Waals surface area contributed by atoms with Crippen molar-refractivity contribution in [1.82, 2.24) is 0 Å². The van der Waals surface area contributed by atoms with Crippen LogP contribution in [0.1, 0.15) is 99.8 Å². The zero-order valence-electron chi connectivity index (χ0n) is 22.7. The average molecular weight is 486 g/mol. The van der Waals surface area contributed by atoms with E-state index in [0.29, 0.717) is 24.5 Å². The van der Waals surface area contributed by atoms with Crippen molar-refractivity contribution in [2.45, 2.75) is 118 Å². The van der Waals surface area contributed by atoms with Gasteiger partial charge in [-0.1, -0.05) is 34.6 Å². The predicted molar refractivity (Wildman–Crippen MR) is 132 cm³/mol. The van der Waals surface area contributed by atoms with Crippen molar-refractivity contribution < 1.29 is 24.9 Å². The predicted octanol–water partition coefficient (Wildman–Crippen LogP) is 4.79. The maximum atomic E-state index is 12.9. The molecule has 3 N–H and O–H groups in total. The van der Waals surface area contributed by atoms with Crippen molar-refractivity contribution in [2.24, 2.45) is 44.8 Å². The summed E-state index contributed by atoms with van der Waals surface area (Å²) in [6.45, 7) is 14.4. The van der Waals surface area contributed by atoms with Crippen molar-refractivity contribution in [2.75, 3.05) is 0 Å². The van der Waals surface area contributed by atoms with E-state index < -0.39 is 11.7 Å². The molecule has 0 amide bonds. The molecule has 3 radical (unpaired) electrons.